The van der Waals surface area contributed by atoms with Crippen molar-refractivity contribution < 1.29 is 23.8 Å². The molecular formula is C32H35FN2O4. The molecule has 1 heterocycles. The van der Waals surface area contributed by atoms with Crippen molar-refractivity contribution in [2.45, 2.75) is 66.2 Å². The lowest BCUT2D eigenvalue weighted by molar-refractivity contribution is -0.144. The van der Waals surface area contributed by atoms with Crippen molar-refractivity contribution in [2.24, 2.45) is 0 Å². The molecule has 1 amide bonds. The van der Waals surface area contributed by atoms with Gasteiger partial charge in [0.2, 0.25) is 0 Å². The van der Waals surface area contributed by atoms with E-state index in [0.717, 1.165) is 27.7 Å². The quantitative estimate of drug-likeness (QED) is 0.246. The maximum absolute atomic E-state index is 15.2. The molecule has 2 unspecified atom stereocenters. The van der Waals surface area contributed by atoms with Crippen molar-refractivity contribution in [3.8, 4) is 5.75 Å². The number of carboxylic acid groups (broad SMARTS) is 1. The summed E-state index contributed by atoms with van der Waals surface area (Å²) in [7, 11) is 0. The Bertz CT molecular complexity index is 1540. The first kappa shape index (κ1) is 27.9. The van der Waals surface area contributed by atoms with Crippen molar-refractivity contribution in [1.29, 1.82) is 0 Å². The van der Waals surface area contributed by atoms with Crippen LogP contribution < -0.4 is 10.1 Å². The molecule has 3 aromatic carbocycles. The molecule has 0 aliphatic rings. The number of nitrogens with zero attached hydrogens (tertiary/aromatic N) is 1. The topological polar surface area (TPSA) is 80.6 Å². The number of hydrogen-bond acceptors (Lipinski definition) is 3. The van der Waals surface area contributed by atoms with Crippen LogP contribution in [0.1, 0.15) is 78.0 Å². The predicted molar refractivity (Wildman–Crippen MR) is 151 cm³/mol. The van der Waals surface area contributed by atoms with Gasteiger partial charge in [-0.1, -0.05) is 50.2 Å². The molecule has 0 aliphatic heterocycles. The summed E-state index contributed by atoms with van der Waals surface area (Å²) < 4.78 is 22.5. The van der Waals surface area contributed by atoms with Crippen molar-refractivity contribution >= 4 is 22.8 Å². The van der Waals surface area contributed by atoms with Gasteiger partial charge < -0.3 is 19.7 Å². The van der Waals surface area contributed by atoms with Crippen LogP contribution in [0.25, 0.3) is 10.9 Å². The van der Waals surface area contributed by atoms with Crippen LogP contribution in [0.4, 0.5) is 4.39 Å². The Morgan fingerprint density at radius 3 is 2.36 bits per heavy atom. The highest BCUT2D eigenvalue weighted by Gasteiger charge is 2.20. The molecule has 6 nitrogen and oxygen atoms in total. The normalized spacial score (nSPS) is 12.9. The predicted octanol–water partition coefficient (Wildman–Crippen LogP) is 6.91. The Kier molecular flexibility index (Phi) is 8.09. The van der Waals surface area contributed by atoms with E-state index in [1.54, 1.807) is 18.2 Å². The van der Waals surface area contributed by atoms with E-state index in [4.69, 9.17) is 9.84 Å². The molecule has 0 fully saturated rings. The summed E-state index contributed by atoms with van der Waals surface area (Å²) in [6, 6.07) is 18.4. The maximum Gasteiger partial charge on any atom is 0.344 e. The standard InChI is InChI=1S/C32H35FN2O4/c1-18(2)23-9-7-10-24(15-23)20(4)34-31(36)25-13-14-28-27(16-25)19(3)21(5)35(28)17-26-11-8-12-29(30(26)33)39-22(6)32(37)38/h7-16,18,20,22H,17H2,1-6H3,(H,34,36)(H,37,38). The number of fused-ring (bicyclic) bond motifs is 1. The summed E-state index contributed by atoms with van der Waals surface area (Å²) in [4.78, 5) is 24.3. The highest BCUT2D eigenvalue weighted by atomic mass is 19.1. The molecular weight excluding hydrogens is 495 g/mol. The molecule has 0 spiro atoms. The second-order valence-corrected chi connectivity index (χ2v) is 10.4. The van der Waals surface area contributed by atoms with Crippen LogP contribution in [-0.2, 0) is 11.3 Å². The van der Waals surface area contributed by atoms with Crippen LogP contribution in [0.3, 0.4) is 0 Å². The molecule has 2 atom stereocenters. The monoisotopic (exact) mass is 530 g/mol. The van der Waals surface area contributed by atoms with E-state index < -0.39 is 17.9 Å². The first-order valence-corrected chi connectivity index (χ1v) is 13.1. The molecule has 0 saturated carbocycles. The van der Waals surface area contributed by atoms with Gasteiger partial charge in [-0.15, -0.1) is 0 Å². The van der Waals surface area contributed by atoms with Gasteiger partial charge >= 0.3 is 5.97 Å². The van der Waals surface area contributed by atoms with Gasteiger partial charge in [0, 0.05) is 27.7 Å². The third-order valence-corrected chi connectivity index (χ3v) is 7.35. The van der Waals surface area contributed by atoms with Gasteiger partial charge in [-0.2, -0.15) is 0 Å². The molecule has 2 N–H and O–H groups in total. The van der Waals surface area contributed by atoms with E-state index in [1.807, 2.05) is 49.6 Å². The summed E-state index contributed by atoms with van der Waals surface area (Å²) in [5, 5.41) is 13.1. The second-order valence-electron chi connectivity index (χ2n) is 10.4. The summed E-state index contributed by atoms with van der Waals surface area (Å²) >= 11 is 0. The van der Waals surface area contributed by atoms with E-state index in [-0.39, 0.29) is 24.2 Å². The number of rotatable bonds is 9. The van der Waals surface area contributed by atoms with Crippen LogP contribution in [0.2, 0.25) is 0 Å². The van der Waals surface area contributed by atoms with Crippen LogP contribution >= 0.6 is 0 Å². The van der Waals surface area contributed by atoms with Crippen LogP contribution in [0.5, 0.6) is 5.75 Å². The first-order chi connectivity index (χ1) is 18.5. The fourth-order valence-corrected chi connectivity index (χ4v) is 4.73. The molecule has 4 rings (SSSR count). The zero-order valence-electron chi connectivity index (χ0n) is 23.2. The highest BCUT2D eigenvalue weighted by molar-refractivity contribution is 5.99. The Morgan fingerprint density at radius 2 is 1.67 bits per heavy atom. The minimum absolute atomic E-state index is 0.0970. The van der Waals surface area contributed by atoms with Gasteiger partial charge in [-0.3, -0.25) is 4.79 Å². The highest BCUT2D eigenvalue weighted by Crippen LogP contribution is 2.30. The molecule has 0 saturated heterocycles. The lowest BCUT2D eigenvalue weighted by Gasteiger charge is -2.17. The maximum atomic E-state index is 15.2. The number of ether oxygens (including phenoxy) is 1. The molecule has 0 bridgehead atoms. The Morgan fingerprint density at radius 1 is 0.974 bits per heavy atom. The molecule has 0 radical (unpaired) electrons. The number of aliphatic carboxylic acids is 1. The fraction of sp³-hybridized carbons (Fsp3) is 0.312. The number of carboxylic acids is 1. The number of halogens is 1. The number of aryl methyl sites for hydroxylation is 1. The van der Waals surface area contributed by atoms with E-state index in [9.17, 15) is 9.59 Å². The van der Waals surface area contributed by atoms with Crippen LogP contribution in [0.15, 0.2) is 60.7 Å². The van der Waals surface area contributed by atoms with Gasteiger partial charge in [0.1, 0.15) is 0 Å². The number of nitrogens with one attached hydrogen (secondary N) is 1. The molecule has 1 aromatic heterocycles. The average Bonchev–Trinajstić information content (AvgIpc) is 3.14. The molecule has 0 aliphatic carbocycles. The van der Waals surface area contributed by atoms with Gasteiger partial charge in [-0.05, 0) is 74.6 Å². The van der Waals surface area contributed by atoms with E-state index in [0.29, 0.717) is 17.0 Å². The van der Waals surface area contributed by atoms with Gasteiger partial charge in [0.05, 0.1) is 12.6 Å². The number of amides is 1. The first-order valence-electron chi connectivity index (χ1n) is 13.1. The van der Waals surface area contributed by atoms with E-state index in [1.165, 1.54) is 18.6 Å². The molecule has 204 valence electrons. The number of carbonyl (C=O) groups excluding carboxylic acids is 1. The van der Waals surface area contributed by atoms with Crippen LogP contribution in [0, 0.1) is 19.7 Å². The lowest BCUT2D eigenvalue weighted by Crippen LogP contribution is -2.26. The molecule has 7 heteroatoms. The average molecular weight is 531 g/mol. The van der Waals surface area contributed by atoms with E-state index >= 15 is 4.39 Å². The molecule has 4 aromatic rings. The third-order valence-electron chi connectivity index (χ3n) is 7.35. The van der Waals surface area contributed by atoms with E-state index in [2.05, 4.69) is 31.3 Å². The summed E-state index contributed by atoms with van der Waals surface area (Å²) in [6.45, 7) is 11.8. The SMILES string of the molecule is Cc1c(C)n(Cc2cccc(OC(C)C(=O)O)c2F)c2ccc(C(=O)NC(C)c3cccc(C(C)C)c3)cc12. The largest absolute Gasteiger partial charge is 0.479 e. The van der Waals surface area contributed by atoms with Crippen molar-refractivity contribution in [2.75, 3.05) is 0 Å². The van der Waals surface area contributed by atoms with Crippen molar-refractivity contribution in [1.82, 2.24) is 9.88 Å². The lowest BCUT2D eigenvalue weighted by atomic mass is 9.98. The number of aromatic nitrogens is 1. The minimum Gasteiger partial charge on any atom is -0.479 e. The Labute approximate surface area is 228 Å². The van der Waals surface area contributed by atoms with Crippen LogP contribution in [-0.4, -0.2) is 27.7 Å². The Hall–Kier alpha value is -4.13. The summed E-state index contributed by atoms with van der Waals surface area (Å²) in [5.74, 6) is -1.60. The zero-order valence-corrected chi connectivity index (χ0v) is 23.2. The van der Waals surface area contributed by atoms with Gasteiger partial charge in [-0.25, -0.2) is 9.18 Å². The van der Waals surface area contributed by atoms with Gasteiger partial charge in [0.25, 0.3) is 5.91 Å². The molecule has 39 heavy (non-hydrogen) atoms. The van der Waals surface area contributed by atoms with Crippen molar-refractivity contribution in [3.63, 3.8) is 0 Å². The van der Waals surface area contributed by atoms with Gasteiger partial charge in [0.15, 0.2) is 17.7 Å². The number of hydrogen-bond donors (Lipinski definition) is 2. The Balaban J connectivity index is 1.59. The number of carbonyl (C=O) groups is 2. The van der Waals surface area contributed by atoms with Crippen molar-refractivity contribution in [3.05, 3.63) is 100.0 Å². The minimum atomic E-state index is -1.17. The second kappa shape index (κ2) is 11.3. The summed E-state index contributed by atoms with van der Waals surface area (Å²) in [5.41, 5.74) is 6.05. The zero-order chi connectivity index (χ0) is 28.4. The fourth-order valence-electron chi connectivity index (χ4n) is 4.73. The third kappa shape index (κ3) is 5.82. The number of benzene rings is 3. The smallest absolute Gasteiger partial charge is 0.344 e. The summed E-state index contributed by atoms with van der Waals surface area (Å²) in [6.07, 6.45) is -1.17.